The molecule has 1 aliphatic rings. The summed E-state index contributed by atoms with van der Waals surface area (Å²) in [6.45, 7) is 1.44. The Kier molecular flexibility index (Phi) is 5.28. The highest BCUT2D eigenvalue weighted by Crippen LogP contribution is 2.41. The highest BCUT2D eigenvalue weighted by Gasteiger charge is 2.42. The van der Waals surface area contributed by atoms with Crippen LogP contribution in [-0.2, 0) is 14.4 Å². The molecule has 8 heteroatoms. The van der Waals surface area contributed by atoms with Gasteiger partial charge in [-0.25, -0.2) is 4.79 Å². The van der Waals surface area contributed by atoms with Crippen molar-refractivity contribution in [2.45, 2.75) is 13.0 Å². The normalized spacial score (nSPS) is 16.9. The highest BCUT2D eigenvalue weighted by atomic mass is 16.4. The fourth-order valence-corrected chi connectivity index (χ4v) is 3.36. The summed E-state index contributed by atoms with van der Waals surface area (Å²) in [6, 6.07) is 8.62. The molecule has 0 saturated heterocycles. The molecule has 0 amide bonds. The summed E-state index contributed by atoms with van der Waals surface area (Å²) in [5.74, 6) is -0.741. The van der Waals surface area contributed by atoms with E-state index in [1.807, 2.05) is 0 Å². The average Bonchev–Trinajstić information content (AvgIpc) is 3.55. The lowest BCUT2D eigenvalue weighted by Gasteiger charge is -2.26. The highest BCUT2D eigenvalue weighted by molar-refractivity contribution is 6.25. The van der Waals surface area contributed by atoms with Crippen molar-refractivity contribution >= 4 is 35.9 Å². The van der Waals surface area contributed by atoms with Crippen molar-refractivity contribution < 1.29 is 32.7 Å². The van der Waals surface area contributed by atoms with E-state index in [-0.39, 0.29) is 28.3 Å². The maximum Gasteiger partial charge on any atom is 0.326 e. The zero-order valence-corrected chi connectivity index (χ0v) is 16.3. The fraction of sp³-hybridized carbons (Fsp3) is 0.0870. The van der Waals surface area contributed by atoms with Crippen molar-refractivity contribution in [2.75, 3.05) is 0 Å². The van der Waals surface area contributed by atoms with Crippen LogP contribution in [0.2, 0.25) is 0 Å². The van der Waals surface area contributed by atoms with Crippen LogP contribution in [0.3, 0.4) is 0 Å². The minimum absolute atomic E-state index is 0.00672. The van der Waals surface area contributed by atoms with Gasteiger partial charge < -0.3 is 23.3 Å². The molecule has 156 valence electrons. The zero-order valence-electron chi connectivity index (χ0n) is 16.3. The van der Waals surface area contributed by atoms with Gasteiger partial charge in [-0.2, -0.15) is 0 Å². The molecule has 3 aromatic heterocycles. The van der Waals surface area contributed by atoms with Crippen molar-refractivity contribution in [1.29, 1.82) is 0 Å². The smallest absolute Gasteiger partial charge is 0.326 e. The summed E-state index contributed by atoms with van der Waals surface area (Å²) in [5, 5.41) is 9.72. The molecule has 4 rings (SSSR count). The van der Waals surface area contributed by atoms with Gasteiger partial charge in [-0.3, -0.25) is 9.59 Å². The summed E-state index contributed by atoms with van der Waals surface area (Å²) < 4.78 is 16.1. The molecule has 31 heavy (non-hydrogen) atoms. The van der Waals surface area contributed by atoms with E-state index in [1.54, 1.807) is 36.4 Å². The predicted octanol–water partition coefficient (Wildman–Crippen LogP) is 3.86. The van der Waals surface area contributed by atoms with Crippen LogP contribution < -0.4 is 0 Å². The van der Waals surface area contributed by atoms with Gasteiger partial charge in [-0.15, -0.1) is 0 Å². The number of hydrogen-bond donors (Lipinski definition) is 1. The first-order chi connectivity index (χ1) is 15.0. The lowest BCUT2D eigenvalue weighted by molar-refractivity contribution is -0.140. The number of carboxylic acids is 1. The Labute approximate surface area is 176 Å². The summed E-state index contributed by atoms with van der Waals surface area (Å²) in [7, 11) is 0. The number of furan rings is 3. The third kappa shape index (κ3) is 3.66. The molecule has 1 unspecified atom stereocenters. The zero-order chi connectivity index (χ0) is 22.0. The van der Waals surface area contributed by atoms with Crippen LogP contribution in [0.5, 0.6) is 0 Å². The van der Waals surface area contributed by atoms with Crippen LogP contribution in [0.1, 0.15) is 24.2 Å². The fourth-order valence-electron chi connectivity index (χ4n) is 3.36. The van der Waals surface area contributed by atoms with E-state index in [0.29, 0.717) is 17.8 Å². The van der Waals surface area contributed by atoms with E-state index >= 15 is 0 Å². The van der Waals surface area contributed by atoms with Gasteiger partial charge in [0.25, 0.3) is 0 Å². The predicted molar refractivity (Wildman–Crippen MR) is 109 cm³/mol. The molecule has 1 atom stereocenters. The van der Waals surface area contributed by atoms with Gasteiger partial charge in [-0.1, -0.05) is 0 Å². The van der Waals surface area contributed by atoms with Crippen molar-refractivity contribution in [3.63, 3.8) is 0 Å². The standard InChI is InChI=1S/C23H17NO7/c1-14(23(27)28)24-18(12-17-6-3-9-30-17)22(26)20(21(24)19-7-4-10-31-19)15(13-25)11-16-5-2-8-29-16/h2-14H,1H3,(H,27,28)/b15-11-,18-12+. The van der Waals surface area contributed by atoms with Crippen molar-refractivity contribution in [2.24, 2.45) is 0 Å². The Bertz CT molecular complexity index is 1190. The third-order valence-corrected chi connectivity index (χ3v) is 4.77. The van der Waals surface area contributed by atoms with Crippen LogP contribution in [0, 0.1) is 0 Å². The minimum Gasteiger partial charge on any atom is -0.480 e. The van der Waals surface area contributed by atoms with Crippen LogP contribution in [0.15, 0.2) is 85.3 Å². The van der Waals surface area contributed by atoms with E-state index in [4.69, 9.17) is 13.3 Å². The summed E-state index contributed by atoms with van der Waals surface area (Å²) in [4.78, 5) is 38.8. The number of nitrogens with zero attached hydrogens (tertiary/aromatic N) is 1. The molecule has 0 spiro atoms. The topological polar surface area (TPSA) is 114 Å². The van der Waals surface area contributed by atoms with Gasteiger partial charge in [0, 0.05) is 11.6 Å². The van der Waals surface area contributed by atoms with Crippen LogP contribution >= 0.6 is 0 Å². The Balaban J connectivity index is 1.98. The molecule has 0 aliphatic carbocycles. The SMILES string of the molecule is CC(C(=O)O)N1C(c2ccco2)=C(/C(C=O)=C\c2ccco2)C(=O)/C1=C\c1ccco1. The number of hydrogen-bond acceptors (Lipinski definition) is 7. The number of allylic oxidation sites excluding steroid dienone is 2. The number of rotatable bonds is 7. The molecule has 0 bridgehead atoms. The van der Waals surface area contributed by atoms with Gasteiger partial charge in [-0.05, 0) is 49.4 Å². The quantitative estimate of drug-likeness (QED) is 0.454. The van der Waals surface area contributed by atoms with Gasteiger partial charge in [0.2, 0.25) is 5.78 Å². The molecule has 8 nitrogen and oxygen atoms in total. The number of carbonyl (C=O) groups excluding carboxylic acids is 2. The molecular weight excluding hydrogens is 402 g/mol. The van der Waals surface area contributed by atoms with Crippen LogP contribution in [0.25, 0.3) is 17.8 Å². The van der Waals surface area contributed by atoms with Gasteiger partial charge in [0.15, 0.2) is 12.0 Å². The number of carboxylic acid groups (broad SMARTS) is 1. The van der Waals surface area contributed by atoms with Gasteiger partial charge in [0.05, 0.1) is 35.8 Å². The first kappa shape index (κ1) is 20.0. The summed E-state index contributed by atoms with van der Waals surface area (Å²) in [5.41, 5.74) is 0.245. The van der Waals surface area contributed by atoms with Crippen LogP contribution in [-0.4, -0.2) is 34.1 Å². The molecular formula is C23H17NO7. The number of aldehydes is 1. The molecule has 0 saturated carbocycles. The van der Waals surface area contributed by atoms with Crippen molar-refractivity contribution in [3.05, 3.63) is 89.3 Å². The molecule has 1 N–H and O–H groups in total. The van der Waals surface area contributed by atoms with E-state index in [2.05, 4.69) is 0 Å². The van der Waals surface area contributed by atoms with Crippen LogP contribution in [0.4, 0.5) is 0 Å². The Morgan fingerprint density at radius 3 is 2.23 bits per heavy atom. The second kappa shape index (κ2) is 8.19. The number of ketones is 1. The Morgan fingerprint density at radius 2 is 1.68 bits per heavy atom. The number of carbonyl (C=O) groups is 3. The van der Waals surface area contributed by atoms with E-state index in [9.17, 15) is 19.5 Å². The van der Waals surface area contributed by atoms with Crippen molar-refractivity contribution in [1.82, 2.24) is 4.90 Å². The lowest BCUT2D eigenvalue weighted by Crippen LogP contribution is -2.35. The lowest BCUT2D eigenvalue weighted by atomic mass is 10.00. The molecule has 1 aliphatic heterocycles. The summed E-state index contributed by atoms with van der Waals surface area (Å²) >= 11 is 0. The maximum absolute atomic E-state index is 13.5. The van der Waals surface area contributed by atoms with Gasteiger partial charge >= 0.3 is 5.97 Å². The Morgan fingerprint density at radius 1 is 1.03 bits per heavy atom. The van der Waals surface area contributed by atoms with Crippen molar-refractivity contribution in [3.8, 4) is 0 Å². The Hall–Kier alpha value is -4.33. The van der Waals surface area contributed by atoms with Gasteiger partial charge in [0.1, 0.15) is 17.6 Å². The largest absolute Gasteiger partial charge is 0.480 e. The minimum atomic E-state index is -1.16. The van der Waals surface area contributed by atoms with E-state index in [0.717, 1.165) is 0 Å². The second-order valence-corrected chi connectivity index (χ2v) is 6.69. The first-order valence-corrected chi connectivity index (χ1v) is 9.32. The summed E-state index contributed by atoms with van der Waals surface area (Å²) in [6.07, 6.45) is 7.66. The second-order valence-electron chi connectivity index (χ2n) is 6.69. The van der Waals surface area contributed by atoms with E-state index < -0.39 is 17.8 Å². The molecule has 0 aromatic carbocycles. The molecule has 3 aromatic rings. The third-order valence-electron chi connectivity index (χ3n) is 4.77. The molecule has 0 radical (unpaired) electrons. The first-order valence-electron chi connectivity index (χ1n) is 9.32. The maximum atomic E-state index is 13.5. The molecule has 0 fully saturated rings. The number of Topliss-reactive ketones (excluding diaryl/α,β-unsaturated/α-hetero) is 1. The molecule has 4 heterocycles. The average molecular weight is 419 g/mol. The monoisotopic (exact) mass is 419 g/mol. The van der Waals surface area contributed by atoms with E-state index in [1.165, 1.54) is 42.8 Å². The number of aliphatic carboxylic acids is 1.